The van der Waals surface area contributed by atoms with Crippen LogP contribution in [0.25, 0.3) is 5.70 Å². The third-order valence-electron chi connectivity index (χ3n) is 3.93. The predicted octanol–water partition coefficient (Wildman–Crippen LogP) is 4.48. The Labute approximate surface area is 115 Å². The first-order valence-corrected chi connectivity index (χ1v) is 6.79. The average molecular weight is 249 g/mol. The molecule has 0 unspecified atom stereocenters. The average Bonchev–Trinajstić information content (AvgIpc) is 2.36. The van der Waals surface area contributed by atoms with Crippen LogP contribution in [-0.2, 0) is 12.8 Å². The van der Waals surface area contributed by atoms with Crippen molar-refractivity contribution in [2.75, 3.05) is 5.32 Å². The molecule has 0 amide bonds. The Balaban J connectivity index is 2.09. The number of benzene rings is 2. The number of hydrogen-bond donors (Lipinski definition) is 1. The zero-order valence-electron chi connectivity index (χ0n) is 11.6. The minimum absolute atomic E-state index is 1.00. The molecule has 0 spiro atoms. The van der Waals surface area contributed by atoms with Gasteiger partial charge in [0.25, 0.3) is 0 Å². The molecule has 0 saturated carbocycles. The van der Waals surface area contributed by atoms with E-state index in [2.05, 4.69) is 62.1 Å². The molecule has 1 heterocycles. The molecular formula is C18H19N. The van der Waals surface area contributed by atoms with Gasteiger partial charge in [0.2, 0.25) is 0 Å². The van der Waals surface area contributed by atoms with Gasteiger partial charge >= 0.3 is 0 Å². The first kappa shape index (κ1) is 12.0. The van der Waals surface area contributed by atoms with Gasteiger partial charge in [-0.3, -0.25) is 0 Å². The SMILES string of the molecule is C=C1Nc2cccc(C)c2CCc2cc(C)ccc21. The summed E-state index contributed by atoms with van der Waals surface area (Å²) in [5, 5.41) is 3.48. The zero-order valence-corrected chi connectivity index (χ0v) is 11.6. The van der Waals surface area contributed by atoms with E-state index >= 15 is 0 Å². The van der Waals surface area contributed by atoms with E-state index in [1.807, 2.05) is 0 Å². The molecule has 1 heteroatoms. The lowest BCUT2D eigenvalue weighted by molar-refractivity contribution is 0.939. The van der Waals surface area contributed by atoms with Crippen LogP contribution in [0, 0.1) is 13.8 Å². The Bertz CT molecular complexity index is 653. The minimum Gasteiger partial charge on any atom is -0.355 e. The fraction of sp³-hybridized carbons (Fsp3) is 0.222. The summed E-state index contributed by atoms with van der Waals surface area (Å²) >= 11 is 0. The van der Waals surface area contributed by atoms with Crippen molar-refractivity contribution >= 4 is 11.4 Å². The molecular weight excluding hydrogens is 230 g/mol. The van der Waals surface area contributed by atoms with Gasteiger partial charge < -0.3 is 5.32 Å². The van der Waals surface area contributed by atoms with E-state index in [1.54, 1.807) is 0 Å². The second-order valence-electron chi connectivity index (χ2n) is 5.37. The lowest BCUT2D eigenvalue weighted by Crippen LogP contribution is -2.10. The molecule has 1 nitrogen and oxygen atoms in total. The molecule has 2 aromatic rings. The molecule has 0 atom stereocenters. The van der Waals surface area contributed by atoms with Gasteiger partial charge in [0.1, 0.15) is 0 Å². The standard InChI is InChI=1S/C18H19N/c1-12-7-9-17-14(3)19-18-6-4-5-13(2)16(18)10-8-15(17)11-12/h4-7,9,11,19H,3,8,10H2,1-2H3. The van der Waals surface area contributed by atoms with Gasteiger partial charge in [0, 0.05) is 16.9 Å². The maximum atomic E-state index is 4.20. The molecule has 1 N–H and O–H groups in total. The normalized spacial score (nSPS) is 13.9. The van der Waals surface area contributed by atoms with Gasteiger partial charge in [-0.25, -0.2) is 0 Å². The summed E-state index contributed by atoms with van der Waals surface area (Å²) in [5.41, 5.74) is 8.93. The highest BCUT2D eigenvalue weighted by Gasteiger charge is 2.14. The summed E-state index contributed by atoms with van der Waals surface area (Å²) in [7, 11) is 0. The highest BCUT2D eigenvalue weighted by atomic mass is 14.9. The van der Waals surface area contributed by atoms with Crippen LogP contribution in [0.1, 0.15) is 27.8 Å². The molecule has 19 heavy (non-hydrogen) atoms. The second-order valence-corrected chi connectivity index (χ2v) is 5.37. The molecule has 0 saturated heterocycles. The lowest BCUT2D eigenvalue weighted by atomic mass is 9.92. The van der Waals surface area contributed by atoms with Gasteiger partial charge in [-0.2, -0.15) is 0 Å². The topological polar surface area (TPSA) is 12.0 Å². The number of hydrogen-bond acceptors (Lipinski definition) is 1. The van der Waals surface area contributed by atoms with E-state index in [4.69, 9.17) is 0 Å². The monoisotopic (exact) mass is 249 g/mol. The Morgan fingerprint density at radius 2 is 1.89 bits per heavy atom. The smallest absolute Gasteiger partial charge is 0.0419 e. The van der Waals surface area contributed by atoms with Crippen molar-refractivity contribution in [3.63, 3.8) is 0 Å². The van der Waals surface area contributed by atoms with E-state index in [0.29, 0.717) is 0 Å². The number of aryl methyl sites for hydroxylation is 3. The summed E-state index contributed by atoms with van der Waals surface area (Å²) in [6.07, 6.45) is 2.16. The van der Waals surface area contributed by atoms with Crippen molar-refractivity contribution in [3.05, 3.63) is 70.8 Å². The molecule has 1 aliphatic heterocycles. The molecule has 0 fully saturated rings. The highest BCUT2D eigenvalue weighted by molar-refractivity contribution is 5.79. The molecule has 96 valence electrons. The zero-order chi connectivity index (χ0) is 13.4. The molecule has 2 aromatic carbocycles. The fourth-order valence-electron chi connectivity index (χ4n) is 2.86. The highest BCUT2D eigenvalue weighted by Crippen LogP contribution is 2.30. The summed E-state index contributed by atoms with van der Waals surface area (Å²) in [5.74, 6) is 0. The van der Waals surface area contributed by atoms with Crippen molar-refractivity contribution in [1.82, 2.24) is 0 Å². The van der Waals surface area contributed by atoms with Gasteiger partial charge in [-0.1, -0.05) is 42.5 Å². The van der Waals surface area contributed by atoms with Gasteiger partial charge in [-0.15, -0.1) is 0 Å². The Morgan fingerprint density at radius 3 is 2.74 bits per heavy atom. The molecule has 0 aliphatic carbocycles. The Hall–Kier alpha value is -2.02. The predicted molar refractivity (Wildman–Crippen MR) is 82.4 cm³/mol. The number of nitrogens with one attached hydrogen (secondary N) is 1. The molecule has 0 radical (unpaired) electrons. The van der Waals surface area contributed by atoms with Gasteiger partial charge in [0.05, 0.1) is 0 Å². The van der Waals surface area contributed by atoms with Crippen molar-refractivity contribution in [2.45, 2.75) is 26.7 Å². The number of rotatable bonds is 0. The van der Waals surface area contributed by atoms with E-state index in [0.717, 1.165) is 18.5 Å². The quantitative estimate of drug-likeness (QED) is 0.725. The first-order valence-electron chi connectivity index (χ1n) is 6.79. The van der Waals surface area contributed by atoms with Gasteiger partial charge in [0.15, 0.2) is 0 Å². The minimum atomic E-state index is 1.00. The van der Waals surface area contributed by atoms with Crippen LogP contribution in [0.3, 0.4) is 0 Å². The van der Waals surface area contributed by atoms with E-state index < -0.39 is 0 Å². The van der Waals surface area contributed by atoms with Crippen LogP contribution in [0.4, 0.5) is 5.69 Å². The maximum Gasteiger partial charge on any atom is 0.0419 e. The van der Waals surface area contributed by atoms with E-state index in [1.165, 1.54) is 33.5 Å². The molecule has 0 bridgehead atoms. The fourth-order valence-corrected chi connectivity index (χ4v) is 2.86. The van der Waals surface area contributed by atoms with Crippen molar-refractivity contribution in [1.29, 1.82) is 0 Å². The summed E-state index contributed by atoms with van der Waals surface area (Å²) < 4.78 is 0. The Kier molecular flexibility index (Phi) is 2.90. The van der Waals surface area contributed by atoms with Crippen LogP contribution in [-0.4, -0.2) is 0 Å². The first-order chi connectivity index (χ1) is 9.15. The summed E-state index contributed by atoms with van der Waals surface area (Å²) in [6.45, 7) is 8.53. The number of anilines is 1. The maximum absolute atomic E-state index is 4.20. The molecule has 0 aromatic heterocycles. The van der Waals surface area contributed by atoms with Crippen molar-refractivity contribution in [2.24, 2.45) is 0 Å². The van der Waals surface area contributed by atoms with Crippen LogP contribution in [0.5, 0.6) is 0 Å². The molecule has 3 rings (SSSR count). The summed E-state index contributed by atoms with van der Waals surface area (Å²) in [6, 6.07) is 13.1. The van der Waals surface area contributed by atoms with E-state index in [-0.39, 0.29) is 0 Å². The lowest BCUT2D eigenvalue weighted by Gasteiger charge is -2.22. The van der Waals surface area contributed by atoms with Gasteiger partial charge in [-0.05, 0) is 49.4 Å². The van der Waals surface area contributed by atoms with Crippen LogP contribution in [0.2, 0.25) is 0 Å². The van der Waals surface area contributed by atoms with Crippen molar-refractivity contribution < 1.29 is 0 Å². The van der Waals surface area contributed by atoms with Crippen LogP contribution in [0.15, 0.2) is 43.0 Å². The van der Waals surface area contributed by atoms with Crippen LogP contribution < -0.4 is 5.32 Å². The third kappa shape index (κ3) is 2.17. The second kappa shape index (κ2) is 4.58. The number of fused-ring (bicyclic) bond motifs is 2. The largest absolute Gasteiger partial charge is 0.355 e. The van der Waals surface area contributed by atoms with Crippen LogP contribution >= 0.6 is 0 Å². The third-order valence-corrected chi connectivity index (χ3v) is 3.93. The summed E-state index contributed by atoms with van der Waals surface area (Å²) in [4.78, 5) is 0. The van der Waals surface area contributed by atoms with E-state index in [9.17, 15) is 0 Å². The van der Waals surface area contributed by atoms with Crippen molar-refractivity contribution in [3.8, 4) is 0 Å². The Morgan fingerprint density at radius 1 is 1.05 bits per heavy atom. The molecule has 1 aliphatic rings.